The lowest BCUT2D eigenvalue weighted by atomic mass is 9.69. The van der Waals surface area contributed by atoms with Gasteiger partial charge >= 0.3 is 6.03 Å². The van der Waals surface area contributed by atoms with E-state index in [-0.39, 0.29) is 11.9 Å². The highest BCUT2D eigenvalue weighted by molar-refractivity contribution is 6.08. The third-order valence-electron chi connectivity index (χ3n) is 7.10. The molecule has 6 nitrogen and oxygen atoms in total. The van der Waals surface area contributed by atoms with Crippen molar-refractivity contribution >= 4 is 28.5 Å². The van der Waals surface area contributed by atoms with E-state index < -0.39 is 5.41 Å². The van der Waals surface area contributed by atoms with Gasteiger partial charge in [0.2, 0.25) is 5.91 Å². The molecule has 1 aliphatic heterocycles. The van der Waals surface area contributed by atoms with E-state index in [1.165, 1.54) is 25.7 Å². The Morgan fingerprint density at radius 3 is 2.50 bits per heavy atom. The topological polar surface area (TPSA) is 63.6 Å². The number of fused-ring (bicyclic) bond motifs is 1. The van der Waals surface area contributed by atoms with Crippen LogP contribution >= 0.6 is 0 Å². The summed E-state index contributed by atoms with van der Waals surface area (Å²) < 4.78 is 7.21. The van der Waals surface area contributed by atoms with Crippen LogP contribution in [0.25, 0.3) is 10.9 Å². The van der Waals surface area contributed by atoms with Crippen LogP contribution in [0.4, 0.5) is 10.5 Å². The summed E-state index contributed by atoms with van der Waals surface area (Å²) in [5, 5.41) is 4.14. The number of aromatic nitrogens is 1. The Kier molecular flexibility index (Phi) is 5.87. The van der Waals surface area contributed by atoms with Gasteiger partial charge in [-0.15, -0.1) is 0 Å². The summed E-state index contributed by atoms with van der Waals surface area (Å²) in [7, 11) is 1.79. The van der Waals surface area contributed by atoms with Gasteiger partial charge in [0.25, 0.3) is 0 Å². The van der Waals surface area contributed by atoms with Gasteiger partial charge < -0.3 is 15.0 Å². The molecule has 0 atom stereocenters. The van der Waals surface area contributed by atoms with Crippen molar-refractivity contribution in [2.45, 2.75) is 52.4 Å². The molecule has 162 valence electrons. The summed E-state index contributed by atoms with van der Waals surface area (Å²) in [6.07, 6.45) is 8.87. The van der Waals surface area contributed by atoms with Gasteiger partial charge in [0.15, 0.2) is 0 Å². The Morgan fingerprint density at radius 2 is 1.90 bits per heavy atom. The molecule has 4 rings (SSSR count). The Hall–Kier alpha value is -2.34. The zero-order valence-corrected chi connectivity index (χ0v) is 18.4. The molecule has 30 heavy (non-hydrogen) atoms. The average Bonchev–Trinajstić information content (AvgIpc) is 2.87. The zero-order chi connectivity index (χ0) is 21.3. The van der Waals surface area contributed by atoms with Crippen molar-refractivity contribution in [3.8, 4) is 0 Å². The molecule has 2 fully saturated rings. The minimum absolute atomic E-state index is 0.0410. The van der Waals surface area contributed by atoms with Gasteiger partial charge in [-0.25, -0.2) is 4.79 Å². The molecule has 1 saturated heterocycles. The summed E-state index contributed by atoms with van der Waals surface area (Å²) in [6.45, 7) is 5.58. The number of anilines is 1. The summed E-state index contributed by atoms with van der Waals surface area (Å²) in [5.41, 5.74) is 2.14. The quantitative estimate of drug-likeness (QED) is 0.736. The van der Waals surface area contributed by atoms with Crippen molar-refractivity contribution in [1.82, 2.24) is 9.47 Å². The summed E-state index contributed by atoms with van der Waals surface area (Å²) >= 11 is 0. The Bertz CT molecular complexity index is 937. The summed E-state index contributed by atoms with van der Waals surface area (Å²) in [4.78, 5) is 28.1. The van der Waals surface area contributed by atoms with Crippen LogP contribution in [0, 0.1) is 18.3 Å². The van der Waals surface area contributed by atoms with E-state index in [9.17, 15) is 9.59 Å². The molecule has 1 N–H and O–H groups in total. The van der Waals surface area contributed by atoms with E-state index in [0.29, 0.717) is 31.4 Å². The van der Waals surface area contributed by atoms with Crippen molar-refractivity contribution < 1.29 is 14.3 Å². The van der Waals surface area contributed by atoms with Crippen molar-refractivity contribution in [3.63, 3.8) is 0 Å². The molecule has 2 aliphatic rings. The standard InChI is InChI=1S/C24H33N3O3/c1-4-26(3)23(29)27-14-19(21-17(2)10-9-13-20(21)27)25-22(28)24(15-30-16-24)18-11-7-5-6-8-12-18/h9-10,13-14,18H,4-8,11-12,15-16H2,1-3H3,(H,25,28). The number of carbonyl (C=O) groups is 2. The number of nitrogens with one attached hydrogen (secondary N) is 1. The molecule has 2 heterocycles. The van der Waals surface area contributed by atoms with Gasteiger partial charge in [0.05, 0.1) is 29.8 Å². The van der Waals surface area contributed by atoms with Gasteiger partial charge in [-0.3, -0.25) is 9.36 Å². The fourth-order valence-electron chi connectivity index (χ4n) is 4.99. The number of carbonyl (C=O) groups excluding carboxylic acids is 2. The van der Waals surface area contributed by atoms with Crippen LogP contribution in [0.15, 0.2) is 24.4 Å². The number of benzene rings is 1. The molecule has 2 amide bonds. The minimum atomic E-state index is -0.439. The lowest BCUT2D eigenvalue weighted by molar-refractivity contribution is -0.170. The highest BCUT2D eigenvalue weighted by Gasteiger charge is 2.51. The second-order valence-corrected chi connectivity index (χ2v) is 8.97. The summed E-state index contributed by atoms with van der Waals surface area (Å²) in [5.74, 6) is 0.412. The van der Waals surface area contributed by atoms with Crippen LogP contribution in [0.5, 0.6) is 0 Å². The van der Waals surface area contributed by atoms with Gasteiger partial charge in [0, 0.05) is 25.2 Å². The molecule has 1 aromatic heterocycles. The number of aryl methyl sites for hydroxylation is 1. The van der Waals surface area contributed by atoms with E-state index in [0.717, 1.165) is 29.3 Å². The Morgan fingerprint density at radius 1 is 1.20 bits per heavy atom. The second kappa shape index (κ2) is 8.42. The lowest BCUT2D eigenvalue weighted by Gasteiger charge is -2.45. The first-order valence-electron chi connectivity index (χ1n) is 11.2. The maximum atomic E-state index is 13.6. The molecule has 0 spiro atoms. The monoisotopic (exact) mass is 411 g/mol. The third-order valence-corrected chi connectivity index (χ3v) is 7.10. The normalized spacial score (nSPS) is 19.2. The number of rotatable bonds is 4. The molecular formula is C24H33N3O3. The maximum Gasteiger partial charge on any atom is 0.328 e. The third kappa shape index (κ3) is 3.51. The van der Waals surface area contributed by atoms with E-state index >= 15 is 0 Å². The number of hydrogen-bond donors (Lipinski definition) is 1. The molecule has 0 unspecified atom stereocenters. The van der Waals surface area contributed by atoms with Gasteiger partial charge in [-0.05, 0) is 44.2 Å². The number of amides is 2. The van der Waals surface area contributed by atoms with Crippen LogP contribution in [-0.4, -0.2) is 48.2 Å². The van der Waals surface area contributed by atoms with E-state index in [1.54, 1.807) is 22.7 Å². The largest absolute Gasteiger partial charge is 0.379 e. The Labute approximate surface area is 178 Å². The fraction of sp³-hybridized carbons (Fsp3) is 0.583. The van der Waals surface area contributed by atoms with Crippen LogP contribution in [0.1, 0.15) is 51.0 Å². The van der Waals surface area contributed by atoms with Crippen molar-refractivity contribution in [3.05, 3.63) is 30.0 Å². The molecule has 1 aliphatic carbocycles. The van der Waals surface area contributed by atoms with Gasteiger partial charge in [-0.1, -0.05) is 37.8 Å². The number of ether oxygens (including phenoxy) is 1. The number of nitrogens with zero attached hydrogens (tertiary/aromatic N) is 2. The van der Waals surface area contributed by atoms with E-state index in [4.69, 9.17) is 4.74 Å². The highest BCUT2D eigenvalue weighted by Crippen LogP contribution is 2.44. The highest BCUT2D eigenvalue weighted by atomic mass is 16.5. The SMILES string of the molecule is CCN(C)C(=O)n1cc(NC(=O)C2(C3CCCCCC3)COC2)c2c(C)cccc21. The first-order valence-corrected chi connectivity index (χ1v) is 11.2. The molecule has 1 aromatic carbocycles. The lowest BCUT2D eigenvalue weighted by Crippen LogP contribution is -2.56. The van der Waals surface area contributed by atoms with Crippen molar-refractivity contribution in [2.75, 3.05) is 32.1 Å². The van der Waals surface area contributed by atoms with Crippen molar-refractivity contribution in [1.29, 1.82) is 0 Å². The first-order chi connectivity index (χ1) is 14.5. The number of hydrogen-bond acceptors (Lipinski definition) is 3. The van der Waals surface area contributed by atoms with Gasteiger partial charge in [0.1, 0.15) is 0 Å². The fourth-order valence-corrected chi connectivity index (χ4v) is 4.99. The molecule has 1 saturated carbocycles. The van der Waals surface area contributed by atoms with Crippen LogP contribution in [0.2, 0.25) is 0 Å². The molecule has 0 bridgehead atoms. The second-order valence-electron chi connectivity index (χ2n) is 8.97. The predicted octanol–water partition coefficient (Wildman–Crippen LogP) is 4.80. The molecule has 2 aromatic rings. The molecular weight excluding hydrogens is 378 g/mol. The predicted molar refractivity (Wildman–Crippen MR) is 119 cm³/mol. The average molecular weight is 412 g/mol. The minimum Gasteiger partial charge on any atom is -0.379 e. The maximum absolute atomic E-state index is 13.6. The van der Waals surface area contributed by atoms with Crippen molar-refractivity contribution in [2.24, 2.45) is 11.3 Å². The first kappa shape index (κ1) is 20.9. The smallest absolute Gasteiger partial charge is 0.328 e. The van der Waals surface area contributed by atoms with Crippen LogP contribution in [0.3, 0.4) is 0 Å². The van der Waals surface area contributed by atoms with E-state index in [1.807, 2.05) is 32.0 Å². The van der Waals surface area contributed by atoms with Gasteiger partial charge in [-0.2, -0.15) is 0 Å². The zero-order valence-electron chi connectivity index (χ0n) is 18.4. The van der Waals surface area contributed by atoms with Crippen LogP contribution in [-0.2, 0) is 9.53 Å². The molecule has 6 heteroatoms. The Balaban J connectivity index is 1.68. The summed E-state index contributed by atoms with van der Waals surface area (Å²) in [6, 6.07) is 5.81. The van der Waals surface area contributed by atoms with E-state index in [2.05, 4.69) is 5.32 Å². The van der Waals surface area contributed by atoms with Crippen LogP contribution < -0.4 is 5.32 Å². The molecule has 0 radical (unpaired) electrons.